The molecule has 1 N–H and O–H groups in total. The van der Waals surface area contributed by atoms with Crippen molar-refractivity contribution in [3.63, 3.8) is 0 Å². The molecule has 5 heteroatoms. The number of carbonyl (C=O) groups excluding carboxylic acids is 1. The summed E-state index contributed by atoms with van der Waals surface area (Å²) in [6.07, 6.45) is 9.56. The molecule has 4 nitrogen and oxygen atoms in total. The van der Waals surface area contributed by atoms with Crippen molar-refractivity contribution in [2.75, 3.05) is 18.4 Å². The number of hydrogen-bond acceptors (Lipinski definition) is 2. The van der Waals surface area contributed by atoms with E-state index in [-0.39, 0.29) is 30.0 Å². The van der Waals surface area contributed by atoms with Crippen LogP contribution in [0.2, 0.25) is 0 Å². The smallest absolute Gasteiger partial charge is 0.321 e. The highest BCUT2D eigenvalue weighted by Crippen LogP contribution is 2.22. The molecule has 2 amide bonds. The number of amides is 2. The van der Waals surface area contributed by atoms with E-state index in [9.17, 15) is 4.79 Å². The minimum absolute atomic E-state index is 0. The average molecular weight is 389 g/mol. The topological polar surface area (TPSA) is 45.2 Å². The molecule has 1 aromatic heterocycles. The Morgan fingerprint density at radius 1 is 1.35 bits per heavy atom. The number of halogens is 1. The number of nitrogens with zero attached hydrogens (tertiary/aromatic N) is 2. The molecule has 1 aliphatic rings. The lowest BCUT2D eigenvalue weighted by atomic mass is 9.92. The van der Waals surface area contributed by atoms with Crippen molar-refractivity contribution in [2.45, 2.75) is 39.0 Å². The van der Waals surface area contributed by atoms with Crippen molar-refractivity contribution in [3.05, 3.63) is 24.5 Å². The number of aromatic nitrogens is 1. The highest BCUT2D eigenvalue weighted by Gasteiger charge is 2.22. The Bertz CT molecular complexity index is 391. The first-order valence-corrected chi connectivity index (χ1v) is 7.25. The van der Waals surface area contributed by atoms with Crippen LogP contribution in [-0.4, -0.2) is 29.0 Å². The minimum Gasteiger partial charge on any atom is -0.325 e. The van der Waals surface area contributed by atoms with Gasteiger partial charge < -0.3 is 10.2 Å². The third kappa shape index (κ3) is 5.26. The van der Waals surface area contributed by atoms with E-state index in [2.05, 4.69) is 17.2 Å². The maximum absolute atomic E-state index is 12.1. The second-order valence-corrected chi connectivity index (χ2v) is 5.24. The van der Waals surface area contributed by atoms with Crippen LogP contribution in [0, 0.1) is 5.92 Å². The Balaban J connectivity index is 0.00000200. The van der Waals surface area contributed by atoms with E-state index in [1.54, 1.807) is 12.4 Å². The Kier molecular flexibility index (Phi) is 7.87. The van der Waals surface area contributed by atoms with Crippen molar-refractivity contribution in [2.24, 2.45) is 5.92 Å². The summed E-state index contributed by atoms with van der Waals surface area (Å²) in [5.41, 5.74) is 0.813. The molecule has 0 radical (unpaired) electrons. The zero-order chi connectivity index (χ0) is 13.5. The standard InChI is InChI=1S/C15H23N3O.HI/c1-2-3-4-13-7-11-18(12-8-13)15(19)17-14-5-9-16-10-6-14;/h5-6,9-10,13H,2-4,7-8,11-12H2,1H3,(H,16,17,19);1H. The van der Waals surface area contributed by atoms with Gasteiger partial charge in [-0.3, -0.25) is 4.98 Å². The largest absolute Gasteiger partial charge is 0.325 e. The Labute approximate surface area is 138 Å². The highest BCUT2D eigenvalue weighted by molar-refractivity contribution is 14.0. The molecule has 1 aliphatic heterocycles. The zero-order valence-corrected chi connectivity index (χ0v) is 14.4. The van der Waals surface area contributed by atoms with E-state index < -0.39 is 0 Å². The summed E-state index contributed by atoms with van der Waals surface area (Å²) in [4.78, 5) is 17.9. The van der Waals surface area contributed by atoms with Crippen molar-refractivity contribution < 1.29 is 4.79 Å². The highest BCUT2D eigenvalue weighted by atomic mass is 127. The molecule has 0 spiro atoms. The van der Waals surface area contributed by atoms with E-state index in [0.717, 1.165) is 37.5 Å². The number of piperidine rings is 1. The number of hydrogen-bond donors (Lipinski definition) is 1. The van der Waals surface area contributed by atoms with E-state index in [1.807, 2.05) is 17.0 Å². The molecule has 0 unspecified atom stereocenters. The van der Waals surface area contributed by atoms with Gasteiger partial charge in [0.25, 0.3) is 0 Å². The molecular weight excluding hydrogens is 365 g/mol. The summed E-state index contributed by atoms with van der Waals surface area (Å²) < 4.78 is 0. The molecule has 0 atom stereocenters. The maximum Gasteiger partial charge on any atom is 0.321 e. The first-order valence-electron chi connectivity index (χ1n) is 7.25. The van der Waals surface area contributed by atoms with E-state index in [0.29, 0.717) is 0 Å². The van der Waals surface area contributed by atoms with Gasteiger partial charge in [-0.25, -0.2) is 4.79 Å². The maximum atomic E-state index is 12.1. The number of likely N-dealkylation sites (tertiary alicyclic amines) is 1. The molecule has 0 saturated carbocycles. The predicted molar refractivity (Wildman–Crippen MR) is 92.5 cm³/mol. The van der Waals surface area contributed by atoms with Crippen LogP contribution >= 0.6 is 24.0 Å². The quantitative estimate of drug-likeness (QED) is 0.787. The molecule has 0 aliphatic carbocycles. The van der Waals surface area contributed by atoms with Crippen LogP contribution < -0.4 is 5.32 Å². The molecule has 2 rings (SSSR count). The van der Waals surface area contributed by atoms with Crippen LogP contribution in [0.3, 0.4) is 0 Å². The van der Waals surface area contributed by atoms with Crippen LogP contribution in [0.1, 0.15) is 39.0 Å². The van der Waals surface area contributed by atoms with Gasteiger partial charge in [0.15, 0.2) is 0 Å². The molecule has 1 aromatic rings. The van der Waals surface area contributed by atoms with Crippen molar-refractivity contribution in [1.82, 2.24) is 9.88 Å². The molecule has 0 aromatic carbocycles. The minimum atomic E-state index is 0. The van der Waals surface area contributed by atoms with Gasteiger partial charge in [-0.1, -0.05) is 26.2 Å². The first kappa shape index (κ1) is 17.2. The number of rotatable bonds is 4. The monoisotopic (exact) mass is 389 g/mol. The molecule has 1 saturated heterocycles. The van der Waals surface area contributed by atoms with Gasteiger partial charge in [0, 0.05) is 31.2 Å². The normalized spacial score (nSPS) is 15.6. The predicted octanol–water partition coefficient (Wildman–Crippen LogP) is 4.13. The van der Waals surface area contributed by atoms with Gasteiger partial charge in [-0.15, -0.1) is 24.0 Å². The van der Waals surface area contributed by atoms with Gasteiger partial charge in [0.05, 0.1) is 0 Å². The number of anilines is 1. The Morgan fingerprint density at radius 3 is 2.60 bits per heavy atom. The third-order valence-corrected chi connectivity index (χ3v) is 3.80. The zero-order valence-electron chi connectivity index (χ0n) is 12.0. The van der Waals surface area contributed by atoms with E-state index in [1.165, 1.54) is 19.3 Å². The molecule has 0 bridgehead atoms. The number of carbonyl (C=O) groups is 1. The lowest BCUT2D eigenvalue weighted by Gasteiger charge is -2.32. The van der Waals surface area contributed by atoms with Gasteiger partial charge >= 0.3 is 6.03 Å². The van der Waals surface area contributed by atoms with Gasteiger partial charge in [-0.05, 0) is 30.9 Å². The van der Waals surface area contributed by atoms with Crippen LogP contribution in [0.15, 0.2) is 24.5 Å². The van der Waals surface area contributed by atoms with Crippen LogP contribution in [0.25, 0.3) is 0 Å². The van der Waals surface area contributed by atoms with Crippen molar-refractivity contribution in [1.29, 1.82) is 0 Å². The number of nitrogens with one attached hydrogen (secondary N) is 1. The lowest BCUT2D eigenvalue weighted by molar-refractivity contribution is 0.179. The summed E-state index contributed by atoms with van der Waals surface area (Å²) in [7, 11) is 0. The fourth-order valence-electron chi connectivity index (χ4n) is 2.56. The fraction of sp³-hybridized carbons (Fsp3) is 0.600. The Hall–Kier alpha value is -0.850. The van der Waals surface area contributed by atoms with E-state index in [4.69, 9.17) is 0 Å². The summed E-state index contributed by atoms with van der Waals surface area (Å²) in [6.45, 7) is 3.99. The summed E-state index contributed by atoms with van der Waals surface area (Å²) in [5, 5.41) is 2.92. The van der Waals surface area contributed by atoms with Crippen LogP contribution in [0.4, 0.5) is 10.5 Å². The summed E-state index contributed by atoms with van der Waals surface area (Å²) in [5.74, 6) is 0.810. The number of unbranched alkanes of at least 4 members (excludes halogenated alkanes) is 1. The number of pyridine rings is 1. The van der Waals surface area contributed by atoms with Gasteiger partial charge in [-0.2, -0.15) is 0 Å². The first-order chi connectivity index (χ1) is 9.29. The molecule has 1 fully saturated rings. The molecule has 2 heterocycles. The molecular formula is C15H24IN3O. The summed E-state index contributed by atoms with van der Waals surface area (Å²) >= 11 is 0. The average Bonchev–Trinajstić information content (AvgIpc) is 2.46. The van der Waals surface area contributed by atoms with Crippen LogP contribution in [0.5, 0.6) is 0 Å². The van der Waals surface area contributed by atoms with E-state index >= 15 is 0 Å². The van der Waals surface area contributed by atoms with Crippen molar-refractivity contribution >= 4 is 35.7 Å². The number of urea groups is 1. The second-order valence-electron chi connectivity index (χ2n) is 5.24. The van der Waals surface area contributed by atoms with Gasteiger partial charge in [0.1, 0.15) is 0 Å². The third-order valence-electron chi connectivity index (χ3n) is 3.80. The lowest BCUT2D eigenvalue weighted by Crippen LogP contribution is -2.41. The summed E-state index contributed by atoms with van der Waals surface area (Å²) in [6, 6.07) is 3.64. The Morgan fingerprint density at radius 2 is 2.00 bits per heavy atom. The molecule has 112 valence electrons. The fourth-order valence-corrected chi connectivity index (χ4v) is 2.56. The molecule has 20 heavy (non-hydrogen) atoms. The SMILES string of the molecule is CCCCC1CCN(C(=O)Nc2ccncc2)CC1.I. The van der Waals surface area contributed by atoms with Crippen molar-refractivity contribution in [3.8, 4) is 0 Å². The van der Waals surface area contributed by atoms with Gasteiger partial charge in [0.2, 0.25) is 0 Å². The van der Waals surface area contributed by atoms with Crippen LogP contribution in [-0.2, 0) is 0 Å². The second kappa shape index (κ2) is 9.15.